The highest BCUT2D eigenvalue weighted by Crippen LogP contribution is 2.22. The van der Waals surface area contributed by atoms with Crippen LogP contribution in [0.1, 0.15) is 7.79 Å². The third-order valence-corrected chi connectivity index (χ3v) is 1.83. The molecule has 58 valence electrons. The van der Waals surface area contributed by atoms with Crippen molar-refractivity contribution in [3.8, 4) is 0 Å². The third kappa shape index (κ3) is 1.29. The van der Waals surface area contributed by atoms with Gasteiger partial charge in [-0.2, -0.15) is 0 Å². The molecule has 0 atom stereocenters. The van der Waals surface area contributed by atoms with Crippen LogP contribution in [0.2, 0.25) is 0 Å². The zero-order valence-electron chi connectivity index (χ0n) is 7.35. The number of benzene rings is 1. The van der Waals surface area contributed by atoms with Gasteiger partial charge in [0.15, 0.2) is 0 Å². The van der Waals surface area contributed by atoms with Crippen LogP contribution in [0.3, 0.4) is 0 Å². The maximum Gasteiger partial charge on any atom is 0.0645 e. The second-order valence-corrected chi connectivity index (χ2v) is 2.67. The molecule has 0 saturated heterocycles. The van der Waals surface area contributed by atoms with Gasteiger partial charge in [-0.3, -0.25) is 0 Å². The van der Waals surface area contributed by atoms with Gasteiger partial charge in [0.2, 0.25) is 0 Å². The van der Waals surface area contributed by atoms with Crippen LogP contribution >= 0.6 is 0 Å². The monoisotopic (exact) mass is 149 g/mol. The first-order valence-electron chi connectivity index (χ1n) is 4.45. The summed E-state index contributed by atoms with van der Waals surface area (Å²) in [6, 6.07) is 6.29. The maximum atomic E-state index is 7.64. The molecule has 11 heavy (non-hydrogen) atoms. The Balaban J connectivity index is 2.42. The van der Waals surface area contributed by atoms with Gasteiger partial charge in [0.25, 0.3) is 0 Å². The minimum atomic E-state index is 0.571. The Morgan fingerprint density at radius 2 is 2.00 bits per heavy atom. The Labute approximate surface area is 68.0 Å². The van der Waals surface area contributed by atoms with Gasteiger partial charge < -0.3 is 10.6 Å². The molecule has 0 aromatic heterocycles. The molecule has 0 saturated carbocycles. The van der Waals surface area contributed by atoms with Crippen molar-refractivity contribution in [3.63, 3.8) is 0 Å². The summed E-state index contributed by atoms with van der Waals surface area (Å²) < 4.78 is 7.64. The van der Waals surface area contributed by atoms with Crippen molar-refractivity contribution < 1.29 is 1.37 Å². The van der Waals surface area contributed by atoms with Gasteiger partial charge in [-0.1, -0.05) is 12.1 Å². The van der Waals surface area contributed by atoms with Crippen LogP contribution in [0.4, 0.5) is 11.4 Å². The summed E-state index contributed by atoms with van der Waals surface area (Å²) in [7, 11) is 0. The maximum absolute atomic E-state index is 7.64. The summed E-state index contributed by atoms with van der Waals surface area (Å²) in [4.78, 5) is 0. The van der Waals surface area contributed by atoms with Crippen molar-refractivity contribution in [1.29, 1.82) is 0 Å². The van der Waals surface area contributed by atoms with Gasteiger partial charge in [0.1, 0.15) is 0 Å². The molecule has 1 aromatic rings. The molecule has 0 spiro atoms. The van der Waals surface area contributed by atoms with Crippen LogP contribution in [0.15, 0.2) is 24.2 Å². The summed E-state index contributed by atoms with van der Waals surface area (Å²) in [6.45, 7) is 1.94. The highest BCUT2D eigenvalue weighted by molar-refractivity contribution is 5.69. The normalized spacial score (nSPS) is 16.9. The first kappa shape index (κ1) is 5.47. The fourth-order valence-electron chi connectivity index (χ4n) is 1.26. The van der Waals surface area contributed by atoms with Crippen LogP contribution in [-0.4, -0.2) is 13.1 Å². The van der Waals surface area contributed by atoms with Gasteiger partial charge in [-0.05, 0) is 18.5 Å². The Bertz CT molecular complexity index is 286. The van der Waals surface area contributed by atoms with Crippen LogP contribution < -0.4 is 10.6 Å². The molecule has 0 fully saturated rings. The van der Waals surface area contributed by atoms with E-state index in [0.717, 1.165) is 30.9 Å². The SMILES string of the molecule is [2H]c1cccc2c1NCCCN2. The number of nitrogens with one attached hydrogen (secondary N) is 2. The van der Waals surface area contributed by atoms with Crippen LogP contribution in [0.25, 0.3) is 0 Å². The number of hydrogen-bond donors (Lipinski definition) is 2. The summed E-state index contributed by atoms with van der Waals surface area (Å²) >= 11 is 0. The molecule has 0 bridgehead atoms. The van der Waals surface area contributed by atoms with E-state index in [0.29, 0.717) is 6.04 Å². The fourth-order valence-corrected chi connectivity index (χ4v) is 1.26. The lowest BCUT2D eigenvalue weighted by Gasteiger charge is -2.06. The smallest absolute Gasteiger partial charge is 0.0645 e. The van der Waals surface area contributed by atoms with Gasteiger partial charge in [0.05, 0.1) is 12.7 Å². The lowest BCUT2D eigenvalue weighted by Crippen LogP contribution is -2.00. The summed E-state index contributed by atoms with van der Waals surface area (Å²) in [5.74, 6) is 0. The van der Waals surface area contributed by atoms with Crippen molar-refractivity contribution in [2.45, 2.75) is 6.42 Å². The average molecular weight is 149 g/mol. The van der Waals surface area contributed by atoms with Crippen molar-refractivity contribution >= 4 is 11.4 Å². The predicted octanol–water partition coefficient (Wildman–Crippen LogP) is 1.91. The van der Waals surface area contributed by atoms with E-state index in [2.05, 4.69) is 10.6 Å². The van der Waals surface area contributed by atoms with Crippen LogP contribution in [-0.2, 0) is 0 Å². The summed E-state index contributed by atoms with van der Waals surface area (Å²) in [6.07, 6.45) is 1.11. The summed E-state index contributed by atoms with van der Waals surface area (Å²) in [5, 5.41) is 6.53. The molecule has 2 N–H and O–H groups in total. The lowest BCUT2D eigenvalue weighted by atomic mass is 10.3. The Hall–Kier alpha value is -1.18. The molecular formula is C9H12N2. The molecule has 1 aliphatic heterocycles. The number of fused-ring (bicyclic) bond motifs is 1. The van der Waals surface area contributed by atoms with E-state index in [1.807, 2.05) is 12.1 Å². The molecular weight excluding hydrogens is 136 g/mol. The minimum absolute atomic E-state index is 0.571. The number of anilines is 2. The molecule has 0 amide bonds. The van der Waals surface area contributed by atoms with E-state index in [9.17, 15) is 0 Å². The van der Waals surface area contributed by atoms with Crippen LogP contribution in [0, 0.1) is 0 Å². The van der Waals surface area contributed by atoms with Gasteiger partial charge >= 0.3 is 0 Å². The average Bonchev–Trinajstić information content (AvgIpc) is 2.30. The second-order valence-electron chi connectivity index (χ2n) is 2.67. The molecule has 1 heterocycles. The fraction of sp³-hybridized carbons (Fsp3) is 0.333. The zero-order chi connectivity index (χ0) is 8.39. The molecule has 2 rings (SSSR count). The van der Waals surface area contributed by atoms with Crippen molar-refractivity contribution in [1.82, 2.24) is 0 Å². The van der Waals surface area contributed by atoms with Crippen molar-refractivity contribution in [2.75, 3.05) is 23.7 Å². The predicted molar refractivity (Wildman–Crippen MR) is 48.0 cm³/mol. The van der Waals surface area contributed by atoms with Crippen LogP contribution in [0.5, 0.6) is 0 Å². The second kappa shape index (κ2) is 2.82. The zero-order valence-corrected chi connectivity index (χ0v) is 6.35. The molecule has 2 heteroatoms. The molecule has 0 radical (unpaired) electrons. The Kier molecular flexibility index (Phi) is 1.40. The lowest BCUT2D eigenvalue weighted by molar-refractivity contribution is 0.928. The first-order valence-corrected chi connectivity index (χ1v) is 3.95. The Morgan fingerprint density at radius 3 is 2.91 bits per heavy atom. The van der Waals surface area contributed by atoms with Crippen molar-refractivity contribution in [3.05, 3.63) is 24.2 Å². The van der Waals surface area contributed by atoms with E-state index >= 15 is 0 Å². The van der Waals surface area contributed by atoms with Crippen molar-refractivity contribution in [2.24, 2.45) is 0 Å². The van der Waals surface area contributed by atoms with Gasteiger partial charge in [-0.15, -0.1) is 0 Å². The molecule has 2 nitrogen and oxygen atoms in total. The topological polar surface area (TPSA) is 24.1 Å². The highest BCUT2D eigenvalue weighted by Gasteiger charge is 2.02. The molecule has 0 aliphatic carbocycles. The third-order valence-electron chi connectivity index (χ3n) is 1.83. The Morgan fingerprint density at radius 1 is 1.18 bits per heavy atom. The van der Waals surface area contributed by atoms with E-state index in [4.69, 9.17) is 1.37 Å². The largest absolute Gasteiger partial charge is 0.383 e. The van der Waals surface area contributed by atoms with E-state index in [-0.39, 0.29) is 0 Å². The molecule has 1 aromatic carbocycles. The number of para-hydroxylation sites is 2. The number of rotatable bonds is 0. The van der Waals surface area contributed by atoms with E-state index < -0.39 is 0 Å². The minimum Gasteiger partial charge on any atom is -0.383 e. The number of hydrogen-bond acceptors (Lipinski definition) is 2. The summed E-state index contributed by atoms with van der Waals surface area (Å²) in [5.41, 5.74) is 2.00. The van der Waals surface area contributed by atoms with Gasteiger partial charge in [0, 0.05) is 13.1 Å². The van der Waals surface area contributed by atoms with E-state index in [1.165, 1.54) is 0 Å². The molecule has 0 unspecified atom stereocenters. The molecule has 1 aliphatic rings. The highest BCUT2D eigenvalue weighted by atomic mass is 15.0. The first-order chi connectivity index (χ1) is 5.88. The van der Waals surface area contributed by atoms with Gasteiger partial charge in [-0.25, -0.2) is 0 Å². The quantitative estimate of drug-likeness (QED) is 0.589. The van der Waals surface area contributed by atoms with E-state index in [1.54, 1.807) is 6.07 Å². The standard InChI is InChI=1S/C9H12N2/c1-2-5-9-8(4-1)10-6-3-7-11-9/h1-2,4-5,10-11H,3,6-7H2/i4D.